The van der Waals surface area contributed by atoms with E-state index in [2.05, 4.69) is 11.0 Å². The minimum Gasteiger partial charge on any atom is -0.508 e. The van der Waals surface area contributed by atoms with E-state index in [1.54, 1.807) is 18.2 Å². The first kappa shape index (κ1) is 13.6. The van der Waals surface area contributed by atoms with Gasteiger partial charge in [-0.15, -0.1) is 0 Å². The molecule has 0 saturated heterocycles. The zero-order chi connectivity index (χ0) is 14.8. The minimum atomic E-state index is -0.425. The quantitative estimate of drug-likeness (QED) is 0.901. The topological polar surface area (TPSA) is 66.6 Å². The van der Waals surface area contributed by atoms with E-state index in [9.17, 15) is 9.90 Å². The molecule has 1 heterocycles. The largest absolute Gasteiger partial charge is 0.508 e. The van der Waals surface area contributed by atoms with Crippen LogP contribution in [0.4, 0.5) is 0 Å². The van der Waals surface area contributed by atoms with E-state index in [0.29, 0.717) is 6.54 Å². The Morgan fingerprint density at radius 3 is 3.05 bits per heavy atom. The Labute approximate surface area is 123 Å². The lowest BCUT2D eigenvalue weighted by Crippen LogP contribution is -2.42. The molecule has 1 aliphatic heterocycles. The monoisotopic (exact) mass is 281 g/mol. The Balaban J connectivity index is 1.91. The van der Waals surface area contributed by atoms with Crippen LogP contribution in [0.15, 0.2) is 42.5 Å². The third-order valence-electron chi connectivity index (χ3n) is 3.88. The van der Waals surface area contributed by atoms with Gasteiger partial charge >= 0.3 is 0 Å². The molecule has 4 heteroatoms. The number of hydrogen-bond donors (Lipinski definition) is 2. The Morgan fingerprint density at radius 2 is 2.29 bits per heavy atom. The van der Waals surface area contributed by atoms with Crippen molar-refractivity contribution in [2.45, 2.75) is 19.0 Å². The highest BCUT2D eigenvalue weighted by molar-refractivity contribution is 5.82. The summed E-state index contributed by atoms with van der Waals surface area (Å²) in [5.41, 5.74) is 8.68. The maximum Gasteiger partial charge on any atom is 0.239 e. The molecule has 2 aromatic rings. The second kappa shape index (κ2) is 5.58. The smallest absolute Gasteiger partial charge is 0.239 e. The Bertz CT molecular complexity index is 669. The molecular weight excluding hydrogens is 264 g/mol. The summed E-state index contributed by atoms with van der Waals surface area (Å²) >= 11 is 0. The van der Waals surface area contributed by atoms with E-state index < -0.39 is 6.04 Å². The van der Waals surface area contributed by atoms with Crippen molar-refractivity contribution in [1.29, 1.82) is 0 Å². The number of primary amides is 1. The number of benzene rings is 2. The van der Waals surface area contributed by atoms with Crippen molar-refractivity contribution in [2.75, 3.05) is 6.54 Å². The molecule has 0 aliphatic carbocycles. The maximum absolute atomic E-state index is 11.9. The van der Waals surface area contributed by atoms with Crippen LogP contribution < -0.4 is 5.73 Å². The number of aromatic hydroxyl groups is 1. The molecule has 21 heavy (non-hydrogen) atoms. The van der Waals surface area contributed by atoms with Crippen LogP contribution in [-0.4, -0.2) is 22.5 Å². The molecule has 0 spiro atoms. The highest BCUT2D eigenvalue weighted by atomic mass is 16.3. The lowest BCUT2D eigenvalue weighted by atomic mass is 9.92. The Morgan fingerprint density at radius 1 is 1.43 bits per heavy atom. The highest BCUT2D eigenvalue weighted by Crippen LogP contribution is 2.30. The van der Waals surface area contributed by atoms with E-state index in [0.717, 1.165) is 29.7 Å². The molecule has 2 aromatic carbocycles. The van der Waals surface area contributed by atoms with Gasteiger partial charge in [0.05, 0.1) is 0 Å². The first-order valence-corrected chi connectivity index (χ1v) is 6.95. The molecular formula is C17H17N2O2. The van der Waals surface area contributed by atoms with Crippen molar-refractivity contribution in [3.05, 3.63) is 65.2 Å². The standard InChI is InChI=1S/C17H17N2O2/c18-17(21)16-15-7-2-1-5-13(15)8-9-19(16)11-12-4-3-6-14(20)10-12/h2-7,10,16,20H,8-9,11H2,(H2,18,21). The van der Waals surface area contributed by atoms with E-state index in [-0.39, 0.29) is 11.7 Å². The average molecular weight is 281 g/mol. The number of phenols is 1. The first-order chi connectivity index (χ1) is 10.1. The molecule has 0 aromatic heterocycles. The highest BCUT2D eigenvalue weighted by Gasteiger charge is 2.31. The number of rotatable bonds is 3. The average Bonchev–Trinajstić information content (AvgIpc) is 2.46. The van der Waals surface area contributed by atoms with Crippen LogP contribution in [0.5, 0.6) is 5.75 Å². The predicted molar refractivity (Wildman–Crippen MR) is 79.4 cm³/mol. The summed E-state index contributed by atoms with van der Waals surface area (Å²) in [6, 6.07) is 15.4. The van der Waals surface area contributed by atoms with Crippen LogP contribution in [0.1, 0.15) is 22.7 Å². The number of hydrogen-bond acceptors (Lipinski definition) is 3. The van der Waals surface area contributed by atoms with Gasteiger partial charge in [0, 0.05) is 13.1 Å². The van der Waals surface area contributed by atoms with Crippen LogP contribution in [-0.2, 0) is 17.8 Å². The van der Waals surface area contributed by atoms with Crippen LogP contribution in [0.3, 0.4) is 0 Å². The van der Waals surface area contributed by atoms with Gasteiger partial charge in [0.1, 0.15) is 11.8 Å². The zero-order valence-corrected chi connectivity index (χ0v) is 11.6. The molecule has 3 N–H and O–H groups in total. The fourth-order valence-electron chi connectivity index (χ4n) is 2.94. The molecule has 1 atom stereocenters. The number of fused-ring (bicyclic) bond motifs is 1. The summed E-state index contributed by atoms with van der Waals surface area (Å²) in [5, 5.41) is 9.56. The number of nitrogens with two attached hydrogens (primary N) is 1. The van der Waals surface area contributed by atoms with Gasteiger partial charge in [-0.05, 0) is 41.3 Å². The van der Waals surface area contributed by atoms with Gasteiger partial charge in [-0.2, -0.15) is 0 Å². The fraction of sp³-hybridized carbons (Fsp3) is 0.235. The van der Waals surface area contributed by atoms with Gasteiger partial charge in [0.15, 0.2) is 0 Å². The van der Waals surface area contributed by atoms with Gasteiger partial charge in [-0.3, -0.25) is 9.69 Å². The molecule has 1 radical (unpaired) electrons. The number of carbonyl (C=O) groups is 1. The second-order valence-electron chi connectivity index (χ2n) is 5.32. The van der Waals surface area contributed by atoms with Crippen LogP contribution >= 0.6 is 0 Å². The number of nitrogens with zero attached hydrogens (tertiary/aromatic N) is 1. The van der Waals surface area contributed by atoms with Crippen molar-refractivity contribution in [2.24, 2.45) is 5.73 Å². The fourth-order valence-corrected chi connectivity index (χ4v) is 2.94. The number of phenolic OH excluding ortho intramolecular Hbond substituents is 1. The van der Waals surface area contributed by atoms with E-state index in [4.69, 9.17) is 5.73 Å². The maximum atomic E-state index is 11.9. The van der Waals surface area contributed by atoms with Gasteiger partial charge in [-0.1, -0.05) is 30.3 Å². The first-order valence-electron chi connectivity index (χ1n) is 6.95. The van der Waals surface area contributed by atoms with Crippen molar-refractivity contribution in [3.63, 3.8) is 0 Å². The summed E-state index contributed by atoms with van der Waals surface area (Å²) in [5.74, 6) is -0.113. The molecule has 0 bridgehead atoms. The summed E-state index contributed by atoms with van der Waals surface area (Å²) in [7, 11) is 0. The Hall–Kier alpha value is -2.33. The van der Waals surface area contributed by atoms with Gasteiger partial charge in [-0.25, -0.2) is 0 Å². The molecule has 1 aliphatic rings. The lowest BCUT2D eigenvalue weighted by molar-refractivity contribution is -0.124. The van der Waals surface area contributed by atoms with Crippen molar-refractivity contribution < 1.29 is 9.90 Å². The van der Waals surface area contributed by atoms with Crippen LogP contribution in [0.25, 0.3) is 0 Å². The summed E-state index contributed by atoms with van der Waals surface area (Å²) < 4.78 is 0. The van der Waals surface area contributed by atoms with Gasteiger partial charge in [0.25, 0.3) is 0 Å². The predicted octanol–water partition coefficient (Wildman–Crippen LogP) is 1.78. The van der Waals surface area contributed by atoms with E-state index in [1.807, 2.05) is 24.3 Å². The molecule has 107 valence electrons. The summed E-state index contributed by atoms with van der Waals surface area (Å²) in [6.07, 6.45) is 0.870. The Kier molecular flexibility index (Phi) is 3.62. The molecule has 1 amide bonds. The van der Waals surface area contributed by atoms with Gasteiger partial charge < -0.3 is 10.8 Å². The van der Waals surface area contributed by atoms with Crippen molar-refractivity contribution in [3.8, 4) is 5.75 Å². The molecule has 0 saturated carbocycles. The SMILES string of the molecule is NC(=O)C1c2cc[c]cc2CCN1Cc1cccc(O)c1. The van der Waals surface area contributed by atoms with E-state index >= 15 is 0 Å². The third-order valence-corrected chi connectivity index (χ3v) is 3.88. The molecule has 1 unspecified atom stereocenters. The number of amides is 1. The second-order valence-corrected chi connectivity index (χ2v) is 5.32. The van der Waals surface area contributed by atoms with E-state index in [1.165, 1.54) is 0 Å². The van der Waals surface area contributed by atoms with Crippen LogP contribution in [0.2, 0.25) is 0 Å². The number of carbonyl (C=O) groups excluding carboxylic acids is 1. The van der Waals surface area contributed by atoms with Crippen molar-refractivity contribution in [1.82, 2.24) is 4.90 Å². The summed E-state index contributed by atoms with van der Waals surface area (Å²) in [4.78, 5) is 14.0. The molecule has 4 nitrogen and oxygen atoms in total. The van der Waals surface area contributed by atoms with Crippen molar-refractivity contribution >= 4 is 5.91 Å². The third kappa shape index (κ3) is 2.76. The van der Waals surface area contributed by atoms with Gasteiger partial charge in [0.2, 0.25) is 5.91 Å². The summed E-state index contributed by atoms with van der Waals surface area (Å²) in [6.45, 7) is 1.34. The lowest BCUT2D eigenvalue weighted by Gasteiger charge is -2.35. The molecule has 0 fully saturated rings. The van der Waals surface area contributed by atoms with Crippen LogP contribution in [0, 0.1) is 6.07 Å². The zero-order valence-electron chi connectivity index (χ0n) is 11.6. The molecule has 3 rings (SSSR count). The minimum absolute atomic E-state index is 0.232. The normalized spacial score (nSPS) is 18.2.